The van der Waals surface area contributed by atoms with Gasteiger partial charge in [-0.3, -0.25) is 4.79 Å². The number of halogens is 1. The van der Waals surface area contributed by atoms with Crippen molar-refractivity contribution in [1.82, 2.24) is 4.90 Å². The number of hydrogen-bond acceptors (Lipinski definition) is 2. The quantitative estimate of drug-likeness (QED) is 0.832. The Morgan fingerprint density at radius 1 is 1.50 bits per heavy atom. The fraction of sp³-hybridized carbons (Fsp3) is 0.583. The van der Waals surface area contributed by atoms with Gasteiger partial charge in [0.05, 0.1) is 8.66 Å². The van der Waals surface area contributed by atoms with Crippen LogP contribution in [0.1, 0.15) is 35.4 Å². The smallest absolute Gasteiger partial charge is 0.263 e. The van der Waals surface area contributed by atoms with E-state index in [1.165, 1.54) is 37.0 Å². The average Bonchev–Trinajstić information content (AvgIpc) is 2.88. The lowest BCUT2D eigenvalue weighted by Crippen LogP contribution is -2.30. The van der Waals surface area contributed by atoms with Gasteiger partial charge < -0.3 is 4.90 Å². The van der Waals surface area contributed by atoms with Gasteiger partial charge in [-0.1, -0.05) is 12.8 Å². The predicted octanol–water partition coefficient (Wildman–Crippen LogP) is 3.77. The highest BCUT2D eigenvalue weighted by atomic mass is 79.9. The Balaban J connectivity index is 1.93. The van der Waals surface area contributed by atoms with Crippen LogP contribution >= 0.6 is 27.3 Å². The second-order valence-corrected chi connectivity index (χ2v) is 6.90. The molecule has 1 fully saturated rings. The first-order valence-corrected chi connectivity index (χ1v) is 7.28. The number of thiophene rings is 1. The summed E-state index contributed by atoms with van der Waals surface area (Å²) >= 11 is 4.89. The first kappa shape index (κ1) is 12.1. The van der Waals surface area contributed by atoms with Crippen LogP contribution in [0.15, 0.2) is 15.9 Å². The molecule has 0 atom stereocenters. The van der Waals surface area contributed by atoms with Crippen LogP contribution in [-0.2, 0) is 0 Å². The highest BCUT2D eigenvalue weighted by molar-refractivity contribution is 9.11. The average molecular weight is 302 g/mol. The zero-order chi connectivity index (χ0) is 11.5. The summed E-state index contributed by atoms with van der Waals surface area (Å²) in [5, 5.41) is 0. The van der Waals surface area contributed by atoms with Crippen LogP contribution in [0.25, 0.3) is 0 Å². The highest BCUT2D eigenvalue weighted by Gasteiger charge is 2.20. The standard InChI is InChI=1S/C12H16BrNOS/c1-14(8-9-4-2-3-5-9)12(15)10-6-7-11(13)16-10/h6-7,9H,2-5,8H2,1H3. The maximum absolute atomic E-state index is 12.1. The molecule has 2 rings (SSSR count). The number of nitrogens with zero attached hydrogens (tertiary/aromatic N) is 1. The van der Waals surface area contributed by atoms with Crippen LogP contribution in [0.2, 0.25) is 0 Å². The highest BCUT2D eigenvalue weighted by Crippen LogP contribution is 2.27. The fourth-order valence-electron chi connectivity index (χ4n) is 2.28. The van der Waals surface area contributed by atoms with Crippen LogP contribution in [0.5, 0.6) is 0 Å². The van der Waals surface area contributed by atoms with E-state index >= 15 is 0 Å². The Kier molecular flexibility index (Phi) is 4.03. The maximum Gasteiger partial charge on any atom is 0.263 e. The number of rotatable bonds is 3. The summed E-state index contributed by atoms with van der Waals surface area (Å²) in [7, 11) is 1.91. The van der Waals surface area contributed by atoms with Crippen molar-refractivity contribution in [2.75, 3.05) is 13.6 Å². The largest absolute Gasteiger partial charge is 0.341 e. The molecule has 1 heterocycles. The van der Waals surface area contributed by atoms with E-state index in [1.54, 1.807) is 0 Å². The van der Waals surface area contributed by atoms with E-state index in [2.05, 4.69) is 15.9 Å². The molecule has 1 aliphatic carbocycles. The SMILES string of the molecule is CN(CC1CCCC1)C(=O)c1ccc(Br)s1. The molecule has 0 spiro atoms. The third kappa shape index (κ3) is 2.86. The Hall–Kier alpha value is -0.350. The zero-order valence-electron chi connectivity index (χ0n) is 9.41. The molecule has 1 aromatic rings. The molecule has 4 heteroatoms. The van der Waals surface area contributed by atoms with E-state index in [0.717, 1.165) is 21.1 Å². The molecule has 1 aliphatic rings. The van der Waals surface area contributed by atoms with E-state index in [9.17, 15) is 4.79 Å². The number of hydrogen-bond donors (Lipinski definition) is 0. The molecule has 16 heavy (non-hydrogen) atoms. The number of amides is 1. The van der Waals surface area contributed by atoms with E-state index < -0.39 is 0 Å². The Bertz CT molecular complexity index is 371. The second kappa shape index (κ2) is 5.32. The molecule has 0 aromatic carbocycles. The molecular formula is C12H16BrNOS. The normalized spacial score (nSPS) is 16.6. The van der Waals surface area contributed by atoms with Crippen molar-refractivity contribution in [2.24, 2.45) is 5.92 Å². The molecule has 2 nitrogen and oxygen atoms in total. The van der Waals surface area contributed by atoms with Crippen LogP contribution in [-0.4, -0.2) is 24.4 Å². The molecule has 1 saturated carbocycles. The van der Waals surface area contributed by atoms with Gasteiger partial charge in [0.25, 0.3) is 5.91 Å². The van der Waals surface area contributed by atoms with Gasteiger partial charge >= 0.3 is 0 Å². The van der Waals surface area contributed by atoms with Gasteiger partial charge in [0.15, 0.2) is 0 Å². The summed E-state index contributed by atoms with van der Waals surface area (Å²) in [6, 6.07) is 3.82. The number of carbonyl (C=O) groups excluding carboxylic acids is 1. The first-order valence-electron chi connectivity index (χ1n) is 5.67. The van der Waals surface area contributed by atoms with Crippen molar-refractivity contribution in [3.8, 4) is 0 Å². The first-order chi connectivity index (χ1) is 7.66. The van der Waals surface area contributed by atoms with E-state index in [0.29, 0.717) is 0 Å². The Morgan fingerprint density at radius 3 is 2.75 bits per heavy atom. The van der Waals surface area contributed by atoms with E-state index in [-0.39, 0.29) is 5.91 Å². The van der Waals surface area contributed by atoms with Gasteiger partial charge in [-0.25, -0.2) is 0 Å². The minimum atomic E-state index is 0.155. The van der Waals surface area contributed by atoms with Crippen LogP contribution in [0.4, 0.5) is 0 Å². The molecule has 0 radical (unpaired) electrons. The molecule has 0 N–H and O–H groups in total. The molecule has 0 aliphatic heterocycles. The van der Waals surface area contributed by atoms with Crippen LogP contribution in [0, 0.1) is 5.92 Å². The number of carbonyl (C=O) groups is 1. The van der Waals surface area contributed by atoms with Crippen LogP contribution in [0.3, 0.4) is 0 Å². The Labute approximate surface area is 109 Å². The molecule has 0 bridgehead atoms. The zero-order valence-corrected chi connectivity index (χ0v) is 11.8. The monoisotopic (exact) mass is 301 g/mol. The van der Waals surface area contributed by atoms with Crippen molar-refractivity contribution < 1.29 is 4.79 Å². The predicted molar refractivity (Wildman–Crippen MR) is 70.9 cm³/mol. The van der Waals surface area contributed by atoms with Crippen LogP contribution < -0.4 is 0 Å². The van der Waals surface area contributed by atoms with Crippen molar-refractivity contribution in [2.45, 2.75) is 25.7 Å². The van der Waals surface area contributed by atoms with Gasteiger partial charge in [0, 0.05) is 13.6 Å². The second-order valence-electron chi connectivity index (χ2n) is 4.44. The lowest BCUT2D eigenvalue weighted by molar-refractivity contribution is 0.0778. The van der Waals surface area contributed by atoms with Gasteiger partial charge in [-0.2, -0.15) is 0 Å². The molecule has 0 saturated heterocycles. The summed E-state index contributed by atoms with van der Waals surface area (Å²) in [5.41, 5.74) is 0. The van der Waals surface area contributed by atoms with Crippen molar-refractivity contribution in [3.63, 3.8) is 0 Å². The molecule has 0 unspecified atom stereocenters. The summed E-state index contributed by atoms with van der Waals surface area (Å²) in [6.07, 6.45) is 5.23. The molecule has 1 aromatic heterocycles. The van der Waals surface area contributed by atoms with Gasteiger partial charge in [-0.05, 0) is 46.8 Å². The lowest BCUT2D eigenvalue weighted by Gasteiger charge is -2.20. The third-order valence-electron chi connectivity index (χ3n) is 3.14. The summed E-state index contributed by atoms with van der Waals surface area (Å²) in [4.78, 5) is 14.8. The minimum absolute atomic E-state index is 0.155. The van der Waals surface area contributed by atoms with E-state index in [4.69, 9.17) is 0 Å². The van der Waals surface area contributed by atoms with Crippen molar-refractivity contribution >= 4 is 33.2 Å². The Morgan fingerprint density at radius 2 is 2.19 bits per heavy atom. The maximum atomic E-state index is 12.1. The van der Waals surface area contributed by atoms with Gasteiger partial charge in [0.2, 0.25) is 0 Å². The third-order valence-corrected chi connectivity index (χ3v) is 4.75. The molecular weight excluding hydrogens is 286 g/mol. The molecule has 88 valence electrons. The van der Waals surface area contributed by atoms with E-state index in [1.807, 2.05) is 24.1 Å². The van der Waals surface area contributed by atoms with Crippen molar-refractivity contribution in [3.05, 3.63) is 20.8 Å². The minimum Gasteiger partial charge on any atom is -0.341 e. The molecule has 1 amide bonds. The summed E-state index contributed by atoms with van der Waals surface area (Å²) < 4.78 is 1.02. The lowest BCUT2D eigenvalue weighted by atomic mass is 10.1. The van der Waals surface area contributed by atoms with Crippen molar-refractivity contribution in [1.29, 1.82) is 0 Å². The van der Waals surface area contributed by atoms with Gasteiger partial charge in [0.1, 0.15) is 0 Å². The van der Waals surface area contributed by atoms with Gasteiger partial charge in [-0.15, -0.1) is 11.3 Å². The fourth-order valence-corrected chi connectivity index (χ4v) is 3.66. The summed E-state index contributed by atoms with van der Waals surface area (Å²) in [5.74, 6) is 0.875. The topological polar surface area (TPSA) is 20.3 Å². The summed E-state index contributed by atoms with van der Waals surface area (Å²) in [6.45, 7) is 0.911.